The molecule has 21 heavy (non-hydrogen) atoms. The number of aliphatic hydroxyl groups is 1. The van der Waals surface area contributed by atoms with Crippen LogP contribution in [0.15, 0.2) is 22.7 Å². The first-order chi connectivity index (χ1) is 10.0. The second-order valence-corrected chi connectivity index (χ2v) is 6.37. The number of carboxylic acid groups (broad SMARTS) is 1. The zero-order valence-electron chi connectivity index (χ0n) is 12.1. The molecule has 0 aliphatic heterocycles. The van der Waals surface area contributed by atoms with Crippen LogP contribution in [0.25, 0.3) is 0 Å². The second-order valence-electron chi connectivity index (χ2n) is 5.45. The number of carbonyl (C=O) groups is 1. The Labute approximate surface area is 133 Å². The van der Waals surface area contributed by atoms with Crippen LogP contribution in [-0.4, -0.2) is 22.8 Å². The Bertz CT molecular complexity index is 503. The lowest BCUT2D eigenvalue weighted by molar-refractivity contribution is -0.147. The van der Waals surface area contributed by atoms with Crippen molar-refractivity contribution in [1.82, 2.24) is 0 Å². The van der Waals surface area contributed by atoms with Gasteiger partial charge in [-0.15, -0.1) is 0 Å². The normalized spacial score (nSPS) is 23.6. The molecule has 0 bridgehead atoms. The van der Waals surface area contributed by atoms with Gasteiger partial charge in [0.1, 0.15) is 5.75 Å². The molecule has 116 valence electrons. The van der Waals surface area contributed by atoms with Crippen LogP contribution in [0, 0.1) is 11.8 Å². The van der Waals surface area contributed by atoms with Crippen LogP contribution >= 0.6 is 15.9 Å². The fraction of sp³-hybridized carbons (Fsp3) is 0.562. The van der Waals surface area contributed by atoms with Crippen LogP contribution < -0.4 is 4.74 Å². The maximum atomic E-state index is 11.4. The van der Waals surface area contributed by atoms with Crippen molar-refractivity contribution in [2.75, 3.05) is 6.61 Å². The summed E-state index contributed by atoms with van der Waals surface area (Å²) in [6.07, 6.45) is 2.43. The Balaban J connectivity index is 2.31. The third-order valence-electron chi connectivity index (χ3n) is 4.13. The molecule has 1 aromatic carbocycles. The number of carboxylic acids is 1. The molecule has 1 aromatic rings. The van der Waals surface area contributed by atoms with Gasteiger partial charge in [-0.1, -0.05) is 28.8 Å². The molecule has 4 nitrogen and oxygen atoms in total. The summed E-state index contributed by atoms with van der Waals surface area (Å²) in [6.45, 7) is 2.40. The first-order valence-electron chi connectivity index (χ1n) is 7.37. The highest BCUT2D eigenvalue weighted by Gasteiger charge is 2.37. The fourth-order valence-electron chi connectivity index (χ4n) is 3.11. The van der Waals surface area contributed by atoms with E-state index in [-0.39, 0.29) is 5.92 Å². The van der Waals surface area contributed by atoms with Crippen molar-refractivity contribution in [3.05, 3.63) is 28.2 Å². The number of aliphatic hydroxyl groups excluding tert-OH is 1. The predicted octanol–water partition coefficient (Wildman–Crippen LogP) is 3.77. The average Bonchev–Trinajstić information content (AvgIpc) is 2.48. The first kappa shape index (κ1) is 16.3. The molecule has 5 heteroatoms. The fourth-order valence-corrected chi connectivity index (χ4v) is 3.49. The summed E-state index contributed by atoms with van der Waals surface area (Å²) in [5.41, 5.74) is 0.671. The molecule has 1 aliphatic carbocycles. The first-order valence-corrected chi connectivity index (χ1v) is 8.17. The van der Waals surface area contributed by atoms with Crippen LogP contribution in [-0.2, 0) is 4.79 Å². The molecule has 0 spiro atoms. The topological polar surface area (TPSA) is 66.8 Å². The van der Waals surface area contributed by atoms with E-state index >= 15 is 0 Å². The highest BCUT2D eigenvalue weighted by Crippen LogP contribution is 2.42. The van der Waals surface area contributed by atoms with Crippen molar-refractivity contribution in [1.29, 1.82) is 0 Å². The van der Waals surface area contributed by atoms with Gasteiger partial charge in [0.15, 0.2) is 0 Å². The van der Waals surface area contributed by atoms with E-state index in [2.05, 4.69) is 15.9 Å². The quantitative estimate of drug-likeness (QED) is 0.842. The van der Waals surface area contributed by atoms with E-state index in [0.717, 1.165) is 23.7 Å². The third kappa shape index (κ3) is 3.77. The lowest BCUT2D eigenvalue weighted by Crippen LogP contribution is -2.31. The Hall–Kier alpha value is -1.07. The summed E-state index contributed by atoms with van der Waals surface area (Å²) in [4.78, 5) is 11.4. The lowest BCUT2D eigenvalue weighted by Gasteiger charge is -2.33. The van der Waals surface area contributed by atoms with Crippen LogP contribution in [0.2, 0.25) is 0 Å². The monoisotopic (exact) mass is 356 g/mol. The van der Waals surface area contributed by atoms with E-state index in [1.54, 1.807) is 0 Å². The summed E-state index contributed by atoms with van der Waals surface area (Å²) in [5.74, 6) is -0.929. The average molecular weight is 357 g/mol. The molecule has 3 atom stereocenters. The van der Waals surface area contributed by atoms with Gasteiger partial charge in [0.2, 0.25) is 0 Å². The smallest absolute Gasteiger partial charge is 0.306 e. The van der Waals surface area contributed by atoms with Crippen molar-refractivity contribution >= 4 is 21.9 Å². The van der Waals surface area contributed by atoms with Crippen LogP contribution in [0.5, 0.6) is 5.75 Å². The number of rotatable bonds is 5. The van der Waals surface area contributed by atoms with E-state index in [4.69, 9.17) is 4.74 Å². The van der Waals surface area contributed by atoms with E-state index < -0.39 is 18.0 Å². The third-order valence-corrected chi connectivity index (χ3v) is 4.63. The van der Waals surface area contributed by atoms with Crippen LogP contribution in [0.1, 0.15) is 44.3 Å². The maximum Gasteiger partial charge on any atom is 0.306 e. The SMILES string of the molecule is CCOc1ccc(Br)cc1C(O)C1CCCCC1C(=O)O. The van der Waals surface area contributed by atoms with Crippen molar-refractivity contribution in [2.24, 2.45) is 11.8 Å². The molecule has 1 fully saturated rings. The zero-order valence-corrected chi connectivity index (χ0v) is 13.7. The van der Waals surface area contributed by atoms with Crippen molar-refractivity contribution in [2.45, 2.75) is 38.7 Å². The molecular formula is C16H21BrO4. The largest absolute Gasteiger partial charge is 0.493 e. The lowest BCUT2D eigenvalue weighted by atomic mass is 9.74. The molecule has 0 saturated heterocycles. The molecule has 1 saturated carbocycles. The molecule has 0 radical (unpaired) electrons. The Kier molecular flexibility index (Phi) is 5.65. The molecule has 0 aromatic heterocycles. The maximum absolute atomic E-state index is 11.4. The van der Waals surface area contributed by atoms with Crippen molar-refractivity contribution in [3.8, 4) is 5.75 Å². The number of aliphatic carboxylic acids is 1. The number of benzene rings is 1. The number of ether oxygens (including phenoxy) is 1. The van der Waals surface area contributed by atoms with E-state index in [1.807, 2.05) is 25.1 Å². The van der Waals surface area contributed by atoms with Gasteiger partial charge < -0.3 is 14.9 Å². The zero-order chi connectivity index (χ0) is 15.4. The van der Waals surface area contributed by atoms with E-state index in [1.165, 1.54) is 0 Å². The summed E-state index contributed by atoms with van der Waals surface area (Å²) in [5, 5.41) is 20.1. The van der Waals surface area contributed by atoms with Crippen LogP contribution in [0.3, 0.4) is 0 Å². The standard InChI is InChI=1S/C16H21BrO4/c1-2-21-14-8-7-10(17)9-13(14)15(18)11-5-3-4-6-12(11)16(19)20/h7-9,11-12,15,18H,2-6H2,1H3,(H,19,20). The van der Waals surface area contributed by atoms with Crippen molar-refractivity contribution < 1.29 is 19.7 Å². The number of hydrogen-bond acceptors (Lipinski definition) is 3. The number of halogens is 1. The minimum atomic E-state index is -0.814. The summed E-state index contributed by atoms with van der Waals surface area (Å²) >= 11 is 3.40. The van der Waals surface area contributed by atoms with Gasteiger partial charge in [-0.2, -0.15) is 0 Å². The second kappa shape index (κ2) is 7.27. The highest BCUT2D eigenvalue weighted by atomic mass is 79.9. The van der Waals surface area contributed by atoms with Gasteiger partial charge in [-0.05, 0) is 38.0 Å². The molecule has 0 amide bonds. The van der Waals surface area contributed by atoms with Crippen molar-refractivity contribution in [3.63, 3.8) is 0 Å². The Morgan fingerprint density at radius 1 is 1.43 bits per heavy atom. The van der Waals surface area contributed by atoms with Gasteiger partial charge in [0.05, 0.1) is 18.6 Å². The van der Waals surface area contributed by atoms with E-state index in [0.29, 0.717) is 24.3 Å². The molecule has 2 N–H and O–H groups in total. The molecule has 3 unspecified atom stereocenters. The summed E-state index contributed by atoms with van der Waals surface area (Å²) in [7, 11) is 0. The van der Waals surface area contributed by atoms with Crippen LogP contribution in [0.4, 0.5) is 0 Å². The predicted molar refractivity (Wildman–Crippen MR) is 83.4 cm³/mol. The summed E-state index contributed by atoms with van der Waals surface area (Å²) < 4.78 is 6.42. The Morgan fingerprint density at radius 2 is 2.14 bits per heavy atom. The van der Waals surface area contributed by atoms with Gasteiger partial charge in [-0.3, -0.25) is 4.79 Å². The van der Waals surface area contributed by atoms with Gasteiger partial charge in [0, 0.05) is 16.0 Å². The Morgan fingerprint density at radius 3 is 2.81 bits per heavy atom. The van der Waals surface area contributed by atoms with Gasteiger partial charge in [0.25, 0.3) is 0 Å². The molecule has 2 rings (SSSR count). The van der Waals surface area contributed by atoms with E-state index in [9.17, 15) is 15.0 Å². The molecule has 1 aliphatic rings. The molecule has 0 heterocycles. The molecular weight excluding hydrogens is 336 g/mol. The van der Waals surface area contributed by atoms with Gasteiger partial charge >= 0.3 is 5.97 Å². The minimum absolute atomic E-state index is 0.259. The van der Waals surface area contributed by atoms with Gasteiger partial charge in [-0.25, -0.2) is 0 Å². The summed E-state index contributed by atoms with van der Waals surface area (Å²) in [6, 6.07) is 5.49. The minimum Gasteiger partial charge on any atom is -0.493 e. The number of hydrogen-bond donors (Lipinski definition) is 2. The highest BCUT2D eigenvalue weighted by molar-refractivity contribution is 9.10.